The van der Waals surface area contributed by atoms with Crippen LogP contribution in [0.3, 0.4) is 0 Å². The van der Waals surface area contributed by atoms with E-state index in [-0.39, 0.29) is 5.82 Å². The van der Waals surface area contributed by atoms with Crippen molar-refractivity contribution in [1.82, 2.24) is 0 Å². The van der Waals surface area contributed by atoms with Crippen LogP contribution in [0.25, 0.3) is 0 Å². The van der Waals surface area contributed by atoms with Crippen molar-refractivity contribution >= 4 is 5.71 Å². The van der Waals surface area contributed by atoms with Crippen molar-refractivity contribution in [3.05, 3.63) is 35.6 Å². The Morgan fingerprint density at radius 3 is 2.50 bits per heavy atom. The largest absolute Gasteiger partial charge is 0.399 e. The smallest absolute Gasteiger partial charge is 0.123 e. The Kier molecular flexibility index (Phi) is 4.11. The van der Waals surface area contributed by atoms with Crippen LogP contribution < -0.4 is 0 Å². The molecule has 0 radical (unpaired) electrons. The molecule has 0 N–H and O–H groups in total. The lowest BCUT2D eigenvalue weighted by atomic mass is 10.1. The normalized spacial score (nSPS) is 11.5. The summed E-state index contributed by atoms with van der Waals surface area (Å²) in [6.07, 6.45) is 1.82. The van der Waals surface area contributed by atoms with Gasteiger partial charge in [-0.25, -0.2) is 4.39 Å². The Bertz CT molecular complexity index is 306. The van der Waals surface area contributed by atoms with E-state index in [2.05, 4.69) is 12.1 Å². The molecular formula is C11H14FNO. The van der Waals surface area contributed by atoms with Crippen molar-refractivity contribution in [3.63, 3.8) is 0 Å². The first-order valence-electron chi connectivity index (χ1n) is 4.64. The van der Waals surface area contributed by atoms with Gasteiger partial charge in [0.1, 0.15) is 12.9 Å². The highest BCUT2D eigenvalue weighted by Gasteiger charge is 2.03. The third-order valence-corrected chi connectivity index (χ3v) is 1.87. The van der Waals surface area contributed by atoms with Gasteiger partial charge in [0.25, 0.3) is 0 Å². The van der Waals surface area contributed by atoms with Crippen molar-refractivity contribution in [1.29, 1.82) is 0 Å². The first-order chi connectivity index (χ1) is 6.77. The van der Waals surface area contributed by atoms with Crippen LogP contribution in [0.5, 0.6) is 0 Å². The third-order valence-electron chi connectivity index (χ3n) is 1.87. The van der Waals surface area contributed by atoms with Crippen LogP contribution in [0.2, 0.25) is 0 Å². The molecular weight excluding hydrogens is 181 g/mol. The fraction of sp³-hybridized carbons (Fsp3) is 0.364. The molecule has 1 aromatic rings. The Morgan fingerprint density at radius 2 is 2.00 bits per heavy atom. The predicted molar refractivity (Wildman–Crippen MR) is 54.9 cm³/mol. The number of rotatable bonds is 4. The number of hydrogen-bond acceptors (Lipinski definition) is 2. The highest BCUT2D eigenvalue weighted by atomic mass is 19.1. The van der Waals surface area contributed by atoms with Crippen LogP contribution >= 0.6 is 0 Å². The highest BCUT2D eigenvalue weighted by Crippen LogP contribution is 2.08. The molecule has 76 valence electrons. The van der Waals surface area contributed by atoms with E-state index in [0.717, 1.165) is 24.1 Å². The van der Waals surface area contributed by atoms with Crippen LogP contribution in [-0.4, -0.2) is 12.8 Å². The van der Waals surface area contributed by atoms with E-state index < -0.39 is 0 Å². The molecule has 0 atom stereocenters. The second kappa shape index (κ2) is 5.37. The molecule has 0 heterocycles. The molecule has 14 heavy (non-hydrogen) atoms. The van der Waals surface area contributed by atoms with Crippen molar-refractivity contribution in [3.8, 4) is 0 Å². The summed E-state index contributed by atoms with van der Waals surface area (Å²) >= 11 is 0. The molecule has 0 unspecified atom stereocenters. The molecule has 0 aliphatic carbocycles. The first-order valence-corrected chi connectivity index (χ1v) is 4.64. The number of benzene rings is 1. The summed E-state index contributed by atoms with van der Waals surface area (Å²) in [5, 5.41) is 3.91. The number of halogens is 1. The topological polar surface area (TPSA) is 21.6 Å². The van der Waals surface area contributed by atoms with Gasteiger partial charge in [0.15, 0.2) is 0 Å². The molecule has 0 aliphatic heterocycles. The number of oxime groups is 1. The fourth-order valence-corrected chi connectivity index (χ4v) is 1.23. The molecule has 0 saturated carbocycles. The minimum Gasteiger partial charge on any atom is -0.399 e. The maximum Gasteiger partial charge on any atom is 0.123 e. The van der Waals surface area contributed by atoms with Gasteiger partial charge in [0.2, 0.25) is 0 Å². The Labute approximate surface area is 83.4 Å². The maximum atomic E-state index is 12.7. The predicted octanol–water partition coefficient (Wildman–Crippen LogP) is 2.98. The van der Waals surface area contributed by atoms with Gasteiger partial charge in [-0.2, -0.15) is 0 Å². The summed E-state index contributed by atoms with van der Waals surface area (Å²) in [5.41, 5.74) is 1.77. The average Bonchev–Trinajstić information content (AvgIpc) is 2.19. The standard InChI is InChI=1S/C11H14FNO/c1-3-4-11(13-14-2)9-5-7-10(12)8-6-9/h5-8H,3-4H2,1-2H3. The van der Waals surface area contributed by atoms with Crippen molar-refractivity contribution < 1.29 is 9.23 Å². The Morgan fingerprint density at radius 1 is 1.36 bits per heavy atom. The quantitative estimate of drug-likeness (QED) is 0.534. The van der Waals surface area contributed by atoms with Gasteiger partial charge in [0, 0.05) is 0 Å². The van der Waals surface area contributed by atoms with E-state index >= 15 is 0 Å². The average molecular weight is 195 g/mol. The lowest BCUT2D eigenvalue weighted by molar-refractivity contribution is 0.213. The molecule has 0 spiro atoms. The molecule has 1 rings (SSSR count). The zero-order chi connectivity index (χ0) is 10.4. The molecule has 1 aromatic carbocycles. The van der Waals surface area contributed by atoms with E-state index in [1.807, 2.05) is 0 Å². The first kappa shape index (κ1) is 10.7. The van der Waals surface area contributed by atoms with E-state index in [1.165, 1.54) is 19.2 Å². The van der Waals surface area contributed by atoms with Crippen LogP contribution in [0.1, 0.15) is 25.3 Å². The fourth-order valence-electron chi connectivity index (χ4n) is 1.23. The summed E-state index contributed by atoms with van der Waals surface area (Å²) in [5.74, 6) is -0.234. The third kappa shape index (κ3) is 2.83. The molecule has 2 nitrogen and oxygen atoms in total. The van der Waals surface area contributed by atoms with E-state index in [1.54, 1.807) is 12.1 Å². The monoisotopic (exact) mass is 195 g/mol. The minimum absolute atomic E-state index is 0.234. The maximum absolute atomic E-state index is 12.7. The molecule has 0 fully saturated rings. The molecule has 0 aliphatic rings. The second-order valence-electron chi connectivity index (χ2n) is 2.98. The van der Waals surface area contributed by atoms with Crippen molar-refractivity contribution in [2.75, 3.05) is 7.11 Å². The summed E-state index contributed by atoms with van der Waals surface area (Å²) in [6, 6.07) is 6.28. The van der Waals surface area contributed by atoms with E-state index in [4.69, 9.17) is 4.84 Å². The molecule has 0 bridgehead atoms. The van der Waals surface area contributed by atoms with Gasteiger partial charge in [0.05, 0.1) is 5.71 Å². The van der Waals surface area contributed by atoms with Crippen LogP contribution in [0.4, 0.5) is 4.39 Å². The van der Waals surface area contributed by atoms with Gasteiger partial charge < -0.3 is 4.84 Å². The van der Waals surface area contributed by atoms with Crippen LogP contribution in [0, 0.1) is 5.82 Å². The van der Waals surface area contributed by atoms with E-state index in [9.17, 15) is 4.39 Å². The summed E-state index contributed by atoms with van der Waals surface area (Å²) in [7, 11) is 1.51. The van der Waals surface area contributed by atoms with Crippen LogP contribution in [0.15, 0.2) is 29.4 Å². The van der Waals surface area contributed by atoms with E-state index in [0.29, 0.717) is 0 Å². The molecule has 0 saturated heterocycles. The molecule has 0 amide bonds. The minimum atomic E-state index is -0.234. The summed E-state index contributed by atoms with van der Waals surface area (Å²) < 4.78 is 12.7. The second-order valence-corrected chi connectivity index (χ2v) is 2.98. The van der Waals surface area contributed by atoms with Crippen molar-refractivity contribution in [2.45, 2.75) is 19.8 Å². The number of nitrogens with zero attached hydrogens (tertiary/aromatic N) is 1. The SMILES string of the molecule is CCCC(=NOC)c1ccc(F)cc1. The van der Waals surface area contributed by atoms with Crippen molar-refractivity contribution in [2.24, 2.45) is 5.16 Å². The zero-order valence-electron chi connectivity index (χ0n) is 8.46. The molecule has 0 aromatic heterocycles. The number of hydrogen-bond donors (Lipinski definition) is 0. The Balaban J connectivity index is 2.88. The lowest BCUT2D eigenvalue weighted by Crippen LogP contribution is -2.01. The Hall–Kier alpha value is -1.38. The van der Waals surface area contributed by atoms with Gasteiger partial charge in [-0.05, 0) is 24.1 Å². The van der Waals surface area contributed by atoms with Gasteiger partial charge in [-0.1, -0.05) is 30.6 Å². The van der Waals surface area contributed by atoms with Crippen LogP contribution in [-0.2, 0) is 4.84 Å². The zero-order valence-corrected chi connectivity index (χ0v) is 8.46. The van der Waals surface area contributed by atoms with Gasteiger partial charge >= 0.3 is 0 Å². The van der Waals surface area contributed by atoms with Gasteiger partial charge in [-0.3, -0.25) is 0 Å². The summed E-state index contributed by atoms with van der Waals surface area (Å²) in [6.45, 7) is 2.06. The lowest BCUT2D eigenvalue weighted by Gasteiger charge is -2.03. The van der Waals surface area contributed by atoms with Gasteiger partial charge in [-0.15, -0.1) is 0 Å². The summed E-state index contributed by atoms with van der Waals surface area (Å²) in [4.78, 5) is 4.74. The molecule has 3 heteroatoms. The highest BCUT2D eigenvalue weighted by molar-refractivity contribution is 6.00.